The number of anilines is 1. The zero-order valence-electron chi connectivity index (χ0n) is 13.1. The van der Waals surface area contributed by atoms with Crippen molar-refractivity contribution in [1.82, 2.24) is 15.0 Å². The third kappa shape index (κ3) is 3.26. The van der Waals surface area contributed by atoms with E-state index in [0.717, 1.165) is 42.1 Å². The van der Waals surface area contributed by atoms with Gasteiger partial charge in [-0.3, -0.25) is 9.97 Å². The van der Waals surface area contributed by atoms with Gasteiger partial charge in [0, 0.05) is 36.4 Å². The molecule has 0 N–H and O–H groups in total. The van der Waals surface area contributed by atoms with E-state index in [1.54, 1.807) is 12.4 Å². The maximum Gasteiger partial charge on any atom is 0.147 e. The van der Waals surface area contributed by atoms with Gasteiger partial charge in [-0.05, 0) is 36.8 Å². The molecule has 1 saturated heterocycles. The van der Waals surface area contributed by atoms with Crippen LogP contribution in [0.1, 0.15) is 6.42 Å². The summed E-state index contributed by atoms with van der Waals surface area (Å²) in [7, 11) is 0. The minimum absolute atomic E-state index is 0.487. The molecule has 3 heterocycles. The van der Waals surface area contributed by atoms with E-state index in [1.165, 1.54) is 0 Å². The monoisotopic (exact) mass is 340 g/mol. The van der Waals surface area contributed by atoms with Crippen molar-refractivity contribution >= 4 is 28.5 Å². The maximum absolute atomic E-state index is 5.99. The number of aromatic nitrogens is 3. The van der Waals surface area contributed by atoms with Gasteiger partial charge >= 0.3 is 0 Å². The number of ether oxygens (including phenoxy) is 1. The van der Waals surface area contributed by atoms with Crippen LogP contribution in [0.3, 0.4) is 0 Å². The highest BCUT2D eigenvalue weighted by Crippen LogP contribution is 2.25. The van der Waals surface area contributed by atoms with E-state index >= 15 is 0 Å². The van der Waals surface area contributed by atoms with Gasteiger partial charge in [-0.15, -0.1) is 0 Å². The molecular formula is C18H17ClN4O. The van der Waals surface area contributed by atoms with Crippen LogP contribution in [0.15, 0.2) is 48.9 Å². The topological polar surface area (TPSA) is 51.1 Å². The van der Waals surface area contributed by atoms with Gasteiger partial charge in [-0.25, -0.2) is 4.98 Å². The first kappa shape index (κ1) is 15.1. The number of nitrogens with zero attached hydrogens (tertiary/aromatic N) is 4. The number of benzene rings is 1. The van der Waals surface area contributed by atoms with E-state index < -0.39 is 0 Å². The Morgan fingerprint density at radius 3 is 2.92 bits per heavy atom. The molecule has 122 valence electrons. The maximum atomic E-state index is 5.99. The lowest BCUT2D eigenvalue weighted by Crippen LogP contribution is -2.23. The lowest BCUT2D eigenvalue weighted by atomic mass is 10.1. The van der Waals surface area contributed by atoms with Gasteiger partial charge in [0.15, 0.2) is 0 Å². The molecule has 1 aliphatic heterocycles. The molecule has 3 aromatic rings. The van der Waals surface area contributed by atoms with E-state index in [9.17, 15) is 0 Å². The molecule has 0 amide bonds. The van der Waals surface area contributed by atoms with Gasteiger partial charge in [0.05, 0.1) is 23.8 Å². The smallest absolute Gasteiger partial charge is 0.147 e. The van der Waals surface area contributed by atoms with Crippen molar-refractivity contribution in [2.24, 2.45) is 5.92 Å². The van der Waals surface area contributed by atoms with Crippen molar-refractivity contribution in [3.63, 3.8) is 0 Å². The first-order valence-electron chi connectivity index (χ1n) is 7.98. The summed E-state index contributed by atoms with van der Waals surface area (Å²) >= 11 is 5.99. The van der Waals surface area contributed by atoms with Crippen LogP contribution in [0.2, 0.25) is 5.02 Å². The summed E-state index contributed by atoms with van der Waals surface area (Å²) in [6, 6.07) is 9.36. The van der Waals surface area contributed by atoms with E-state index in [4.69, 9.17) is 21.3 Å². The molecule has 24 heavy (non-hydrogen) atoms. The SMILES string of the molecule is Clc1ccc2nc(N3CCC(COc4ccncc4)C3)cnc2c1. The molecule has 1 atom stereocenters. The number of hydrogen-bond donors (Lipinski definition) is 0. The molecule has 0 bridgehead atoms. The fourth-order valence-electron chi connectivity index (χ4n) is 2.95. The average Bonchev–Trinajstić information content (AvgIpc) is 3.09. The van der Waals surface area contributed by atoms with Crippen LogP contribution in [0.4, 0.5) is 5.82 Å². The molecule has 1 aromatic carbocycles. The fraction of sp³-hybridized carbons (Fsp3) is 0.278. The normalized spacial score (nSPS) is 17.4. The third-order valence-corrected chi connectivity index (χ3v) is 4.47. The van der Waals surface area contributed by atoms with Gasteiger partial charge in [-0.1, -0.05) is 11.6 Å². The number of halogens is 1. The highest BCUT2D eigenvalue weighted by Gasteiger charge is 2.24. The second-order valence-electron chi connectivity index (χ2n) is 5.96. The van der Waals surface area contributed by atoms with Crippen LogP contribution in [0.5, 0.6) is 5.75 Å². The zero-order valence-corrected chi connectivity index (χ0v) is 13.9. The summed E-state index contributed by atoms with van der Waals surface area (Å²) < 4.78 is 5.84. The van der Waals surface area contributed by atoms with Gasteiger partial charge < -0.3 is 9.64 Å². The minimum Gasteiger partial charge on any atom is -0.493 e. The summed E-state index contributed by atoms with van der Waals surface area (Å²) in [4.78, 5) is 15.4. The molecule has 0 saturated carbocycles. The average molecular weight is 341 g/mol. The number of pyridine rings is 1. The van der Waals surface area contributed by atoms with Crippen LogP contribution in [0, 0.1) is 5.92 Å². The fourth-order valence-corrected chi connectivity index (χ4v) is 3.12. The van der Waals surface area contributed by atoms with E-state index in [2.05, 4.69) is 14.9 Å². The highest BCUT2D eigenvalue weighted by atomic mass is 35.5. The molecule has 2 aromatic heterocycles. The number of fused-ring (bicyclic) bond motifs is 1. The van der Waals surface area contributed by atoms with Crippen molar-refractivity contribution in [2.45, 2.75) is 6.42 Å². The van der Waals surface area contributed by atoms with Gasteiger partial charge in [0.1, 0.15) is 11.6 Å². The Morgan fingerprint density at radius 2 is 2.04 bits per heavy atom. The Morgan fingerprint density at radius 1 is 1.17 bits per heavy atom. The summed E-state index contributed by atoms with van der Waals surface area (Å²) in [5.41, 5.74) is 1.69. The minimum atomic E-state index is 0.487. The molecule has 4 rings (SSSR count). The third-order valence-electron chi connectivity index (χ3n) is 4.24. The van der Waals surface area contributed by atoms with E-state index in [1.807, 2.05) is 36.5 Å². The first-order valence-corrected chi connectivity index (χ1v) is 8.36. The van der Waals surface area contributed by atoms with Crippen molar-refractivity contribution in [3.8, 4) is 5.75 Å². The second kappa shape index (κ2) is 6.61. The summed E-state index contributed by atoms with van der Waals surface area (Å²) in [5.74, 6) is 2.27. The van der Waals surface area contributed by atoms with Crippen LogP contribution in [0.25, 0.3) is 11.0 Å². The molecule has 1 unspecified atom stereocenters. The molecule has 6 heteroatoms. The standard InChI is InChI=1S/C18H17ClN4O/c19-14-1-2-16-17(9-14)21-10-18(22-16)23-8-5-13(11-23)12-24-15-3-6-20-7-4-15/h1-4,6-7,9-10,13H,5,8,11-12H2. The molecule has 1 fully saturated rings. The Bertz CT molecular complexity index is 843. The number of rotatable bonds is 4. The Labute approximate surface area is 145 Å². The number of hydrogen-bond acceptors (Lipinski definition) is 5. The quantitative estimate of drug-likeness (QED) is 0.726. The molecule has 0 aliphatic carbocycles. The molecule has 0 radical (unpaired) electrons. The van der Waals surface area contributed by atoms with Crippen LogP contribution in [-0.4, -0.2) is 34.6 Å². The van der Waals surface area contributed by atoms with Crippen LogP contribution in [-0.2, 0) is 0 Å². The van der Waals surface area contributed by atoms with E-state index in [0.29, 0.717) is 17.5 Å². The van der Waals surface area contributed by atoms with Crippen LogP contribution >= 0.6 is 11.6 Å². The van der Waals surface area contributed by atoms with E-state index in [-0.39, 0.29) is 0 Å². The highest BCUT2D eigenvalue weighted by molar-refractivity contribution is 6.31. The van der Waals surface area contributed by atoms with Crippen LogP contribution < -0.4 is 9.64 Å². The summed E-state index contributed by atoms with van der Waals surface area (Å²) in [6.07, 6.45) is 6.40. The lowest BCUT2D eigenvalue weighted by Gasteiger charge is -2.17. The van der Waals surface area contributed by atoms with Gasteiger partial charge in [0.2, 0.25) is 0 Å². The Hall–Kier alpha value is -2.40. The predicted molar refractivity (Wildman–Crippen MR) is 94.6 cm³/mol. The Balaban J connectivity index is 1.42. The zero-order chi connectivity index (χ0) is 16.4. The van der Waals surface area contributed by atoms with Crippen molar-refractivity contribution in [1.29, 1.82) is 0 Å². The second-order valence-corrected chi connectivity index (χ2v) is 6.39. The largest absolute Gasteiger partial charge is 0.493 e. The molecule has 1 aliphatic rings. The summed E-state index contributed by atoms with van der Waals surface area (Å²) in [5, 5.41) is 0.680. The predicted octanol–water partition coefficient (Wildman–Crippen LogP) is 3.58. The lowest BCUT2D eigenvalue weighted by molar-refractivity contribution is 0.261. The van der Waals surface area contributed by atoms with Crippen molar-refractivity contribution in [2.75, 3.05) is 24.6 Å². The van der Waals surface area contributed by atoms with Crippen molar-refractivity contribution < 1.29 is 4.74 Å². The molecule has 0 spiro atoms. The van der Waals surface area contributed by atoms with Gasteiger partial charge in [0.25, 0.3) is 0 Å². The molecule has 5 nitrogen and oxygen atoms in total. The first-order chi connectivity index (χ1) is 11.8. The summed E-state index contributed by atoms with van der Waals surface area (Å²) in [6.45, 7) is 2.61. The van der Waals surface area contributed by atoms with Gasteiger partial charge in [-0.2, -0.15) is 0 Å². The molecular weight excluding hydrogens is 324 g/mol. The Kier molecular flexibility index (Phi) is 4.17. The van der Waals surface area contributed by atoms with Crippen molar-refractivity contribution in [3.05, 3.63) is 53.9 Å².